The molecule has 0 radical (unpaired) electrons. The van der Waals surface area contributed by atoms with Gasteiger partial charge in [-0.1, -0.05) is 22.6 Å². The first-order valence-corrected chi connectivity index (χ1v) is 7.77. The van der Waals surface area contributed by atoms with Crippen molar-refractivity contribution in [2.45, 2.75) is 70.0 Å². The van der Waals surface area contributed by atoms with Crippen molar-refractivity contribution in [1.82, 2.24) is 0 Å². The zero-order valence-electron chi connectivity index (χ0n) is 11.0. The Balaban J connectivity index is 1.86. The van der Waals surface area contributed by atoms with Crippen LogP contribution in [-0.2, 0) is 23.7 Å². The molecule has 0 aromatic carbocycles. The average Bonchev–Trinajstić information content (AvgIpc) is 2.71. The lowest BCUT2D eigenvalue weighted by atomic mass is 10.0. The Morgan fingerprint density at radius 1 is 0.833 bits per heavy atom. The summed E-state index contributed by atoms with van der Waals surface area (Å²) < 4.78 is 30.4. The molecule has 5 atom stereocenters. The minimum absolute atomic E-state index is 0.0175. The van der Waals surface area contributed by atoms with Crippen molar-refractivity contribution in [3.05, 3.63) is 0 Å². The van der Waals surface area contributed by atoms with Gasteiger partial charge in [-0.3, -0.25) is 0 Å². The smallest absolute Gasteiger partial charge is 0.190 e. The molecule has 3 saturated heterocycles. The molecule has 0 unspecified atom stereocenters. The molecule has 0 bridgehead atoms. The fraction of sp³-hybridized carbons (Fsp3) is 1.00. The van der Waals surface area contributed by atoms with Crippen molar-refractivity contribution in [3.8, 4) is 0 Å². The van der Waals surface area contributed by atoms with E-state index in [-0.39, 0.29) is 30.7 Å². The summed E-state index contributed by atoms with van der Waals surface area (Å²) in [7, 11) is 0. The summed E-state index contributed by atoms with van der Waals surface area (Å²) in [5.74, 6) is -1.22. The van der Waals surface area contributed by atoms with Crippen molar-refractivity contribution in [1.29, 1.82) is 0 Å². The highest BCUT2D eigenvalue weighted by molar-refractivity contribution is 14.1. The lowest BCUT2D eigenvalue weighted by Gasteiger charge is -2.36. The Labute approximate surface area is 121 Å². The molecule has 104 valence electrons. The maximum Gasteiger partial charge on any atom is 0.190 e. The second kappa shape index (κ2) is 4.26. The second-order valence-electron chi connectivity index (χ2n) is 5.86. The fourth-order valence-corrected chi connectivity index (χ4v) is 3.53. The maximum absolute atomic E-state index is 5.98. The zero-order chi connectivity index (χ0) is 13.1. The predicted molar refractivity (Wildman–Crippen MR) is 71.4 cm³/mol. The molecule has 3 aliphatic heterocycles. The van der Waals surface area contributed by atoms with Crippen LogP contribution < -0.4 is 0 Å². The maximum atomic E-state index is 5.98. The quantitative estimate of drug-likeness (QED) is 0.521. The van der Waals surface area contributed by atoms with Gasteiger partial charge in [-0.15, -0.1) is 0 Å². The highest BCUT2D eigenvalue weighted by Gasteiger charge is 2.60. The fourth-order valence-electron chi connectivity index (χ4n) is 2.82. The monoisotopic (exact) mass is 370 g/mol. The van der Waals surface area contributed by atoms with E-state index >= 15 is 0 Å². The number of fused-ring (bicyclic) bond motifs is 3. The summed E-state index contributed by atoms with van der Waals surface area (Å²) in [6, 6.07) is 0. The van der Waals surface area contributed by atoms with Gasteiger partial charge < -0.3 is 23.7 Å². The van der Waals surface area contributed by atoms with Crippen molar-refractivity contribution in [2.75, 3.05) is 4.43 Å². The van der Waals surface area contributed by atoms with Crippen LogP contribution in [0.25, 0.3) is 0 Å². The predicted octanol–water partition coefficient (Wildman–Crippen LogP) is 1.82. The van der Waals surface area contributed by atoms with Gasteiger partial charge in [0, 0.05) is 4.43 Å². The van der Waals surface area contributed by atoms with Gasteiger partial charge in [0.15, 0.2) is 17.9 Å². The van der Waals surface area contributed by atoms with Gasteiger partial charge in [0.1, 0.15) is 18.3 Å². The Morgan fingerprint density at radius 3 is 2.06 bits per heavy atom. The minimum atomic E-state index is -0.629. The number of halogens is 1. The van der Waals surface area contributed by atoms with E-state index in [0.717, 1.165) is 4.43 Å². The summed E-state index contributed by atoms with van der Waals surface area (Å²) in [6.45, 7) is 7.63. The highest BCUT2D eigenvalue weighted by Crippen LogP contribution is 2.44. The summed E-state index contributed by atoms with van der Waals surface area (Å²) in [4.78, 5) is 0. The van der Waals surface area contributed by atoms with Gasteiger partial charge in [-0.05, 0) is 27.7 Å². The molecule has 6 heteroatoms. The van der Waals surface area contributed by atoms with Crippen LogP contribution in [0.15, 0.2) is 0 Å². The van der Waals surface area contributed by atoms with E-state index in [1.807, 2.05) is 27.7 Å². The Bertz CT molecular complexity index is 345. The molecule has 0 spiro atoms. The normalized spacial score (nSPS) is 48.8. The van der Waals surface area contributed by atoms with Gasteiger partial charge in [0.05, 0.1) is 6.10 Å². The molecular weight excluding hydrogens is 351 g/mol. The molecule has 0 amide bonds. The Kier molecular flexibility index (Phi) is 3.20. The highest BCUT2D eigenvalue weighted by atomic mass is 127. The van der Waals surface area contributed by atoms with Gasteiger partial charge in [-0.2, -0.15) is 0 Å². The van der Waals surface area contributed by atoms with E-state index in [9.17, 15) is 0 Å². The third kappa shape index (κ3) is 2.20. The number of ether oxygens (including phenoxy) is 5. The first-order chi connectivity index (χ1) is 8.31. The van der Waals surface area contributed by atoms with E-state index in [4.69, 9.17) is 23.7 Å². The Morgan fingerprint density at radius 2 is 1.39 bits per heavy atom. The van der Waals surface area contributed by atoms with Gasteiger partial charge in [-0.25, -0.2) is 0 Å². The summed E-state index contributed by atoms with van der Waals surface area (Å²) >= 11 is 2.30. The zero-order valence-corrected chi connectivity index (χ0v) is 13.2. The second-order valence-corrected chi connectivity index (χ2v) is 6.74. The van der Waals surface area contributed by atoms with Crippen LogP contribution in [0.3, 0.4) is 0 Å². The molecule has 0 aromatic rings. The van der Waals surface area contributed by atoms with Gasteiger partial charge in [0.2, 0.25) is 0 Å². The van der Waals surface area contributed by atoms with E-state index < -0.39 is 11.6 Å². The molecule has 0 N–H and O–H groups in total. The summed E-state index contributed by atoms with van der Waals surface area (Å²) in [5.41, 5.74) is 0. The van der Waals surface area contributed by atoms with E-state index in [2.05, 4.69) is 22.6 Å². The lowest BCUT2D eigenvalue weighted by molar-refractivity contribution is -0.227. The van der Waals surface area contributed by atoms with Crippen molar-refractivity contribution in [3.63, 3.8) is 0 Å². The van der Waals surface area contributed by atoms with E-state index in [1.54, 1.807) is 0 Å². The molecule has 0 aliphatic carbocycles. The largest absolute Gasteiger partial charge is 0.343 e. The van der Waals surface area contributed by atoms with Crippen molar-refractivity contribution < 1.29 is 23.7 Å². The minimum Gasteiger partial charge on any atom is -0.343 e. The first-order valence-electron chi connectivity index (χ1n) is 6.24. The molecule has 5 nitrogen and oxygen atoms in total. The molecule has 3 heterocycles. The number of rotatable bonds is 1. The molecule has 0 saturated carbocycles. The topological polar surface area (TPSA) is 46.2 Å². The number of hydrogen-bond donors (Lipinski definition) is 0. The molecule has 3 fully saturated rings. The third-order valence-electron chi connectivity index (χ3n) is 3.40. The van der Waals surface area contributed by atoms with Crippen molar-refractivity contribution in [2.24, 2.45) is 0 Å². The SMILES string of the molecule is CC1(C)O[C@H]2O[C@H](CI)[C@H]3OC(C)(C)O[C@H]3[C@H]2O1. The van der Waals surface area contributed by atoms with Crippen LogP contribution in [-0.4, -0.2) is 46.7 Å². The van der Waals surface area contributed by atoms with E-state index in [1.165, 1.54) is 0 Å². The lowest BCUT2D eigenvalue weighted by Crippen LogP contribution is -2.55. The molecule has 0 aromatic heterocycles. The van der Waals surface area contributed by atoms with Crippen LogP contribution in [0.4, 0.5) is 0 Å². The van der Waals surface area contributed by atoms with Gasteiger partial charge >= 0.3 is 0 Å². The van der Waals surface area contributed by atoms with Crippen LogP contribution >= 0.6 is 22.6 Å². The number of hydrogen-bond acceptors (Lipinski definition) is 5. The first kappa shape index (κ1) is 13.5. The third-order valence-corrected chi connectivity index (χ3v) is 4.27. The standard InChI is InChI=1S/C12H19IO5/c1-11(2)15-7-6(5-13)14-10-9(8(7)16-11)17-12(3,4)18-10/h6-10H,5H2,1-4H3/t6-,7-,8-,9-,10-/m1/s1. The molecule has 3 aliphatic rings. The number of alkyl halides is 1. The summed E-state index contributed by atoms with van der Waals surface area (Å²) in [6.07, 6.45) is -0.809. The van der Waals surface area contributed by atoms with Gasteiger partial charge in [0.25, 0.3) is 0 Å². The molecule has 18 heavy (non-hydrogen) atoms. The Hall–Kier alpha value is 0.530. The summed E-state index contributed by atoms with van der Waals surface area (Å²) in [5, 5.41) is 0. The van der Waals surface area contributed by atoms with Crippen molar-refractivity contribution >= 4 is 22.6 Å². The van der Waals surface area contributed by atoms with Crippen LogP contribution in [0.5, 0.6) is 0 Å². The van der Waals surface area contributed by atoms with Crippen LogP contribution in [0, 0.1) is 0 Å². The average molecular weight is 370 g/mol. The van der Waals surface area contributed by atoms with Crippen LogP contribution in [0.2, 0.25) is 0 Å². The van der Waals surface area contributed by atoms with E-state index in [0.29, 0.717) is 0 Å². The molecular formula is C12H19IO5. The van der Waals surface area contributed by atoms with Crippen LogP contribution in [0.1, 0.15) is 27.7 Å². The molecule has 3 rings (SSSR count).